The molecule has 0 spiro atoms. The van der Waals surface area contributed by atoms with Gasteiger partial charge in [0.25, 0.3) is 0 Å². The van der Waals surface area contributed by atoms with Crippen molar-refractivity contribution in [3.8, 4) is 11.5 Å². The van der Waals surface area contributed by atoms with Crippen LogP contribution in [0.4, 0.5) is 4.79 Å². The SMILES string of the molecule is COC(=O)Oc1ccc(OC(=O)C2CCC(C(O)OC3CCC(C(=O)O)CC3)CC2)cc1. The van der Waals surface area contributed by atoms with Gasteiger partial charge in [0.05, 0.1) is 25.0 Å². The fraction of sp³-hybridized carbons (Fsp3) is 0.609. The average molecular weight is 450 g/mol. The molecule has 0 saturated heterocycles. The minimum Gasteiger partial charge on any atom is -0.481 e. The van der Waals surface area contributed by atoms with Crippen molar-refractivity contribution in [1.82, 2.24) is 0 Å². The van der Waals surface area contributed by atoms with Crippen LogP contribution >= 0.6 is 0 Å². The highest BCUT2D eigenvalue weighted by atomic mass is 16.7. The molecule has 0 bridgehead atoms. The first kappa shape index (κ1) is 24.0. The van der Waals surface area contributed by atoms with E-state index in [0.29, 0.717) is 57.1 Å². The van der Waals surface area contributed by atoms with Gasteiger partial charge >= 0.3 is 18.1 Å². The van der Waals surface area contributed by atoms with E-state index in [9.17, 15) is 19.5 Å². The van der Waals surface area contributed by atoms with E-state index >= 15 is 0 Å². The van der Waals surface area contributed by atoms with Crippen molar-refractivity contribution in [3.05, 3.63) is 24.3 Å². The average Bonchev–Trinajstić information content (AvgIpc) is 2.80. The van der Waals surface area contributed by atoms with Crippen molar-refractivity contribution in [1.29, 1.82) is 0 Å². The number of aliphatic hydroxyl groups excluding tert-OH is 1. The Kier molecular flexibility index (Phi) is 8.46. The molecule has 1 aromatic carbocycles. The van der Waals surface area contributed by atoms with Gasteiger partial charge in [0, 0.05) is 5.92 Å². The summed E-state index contributed by atoms with van der Waals surface area (Å²) in [4.78, 5) is 34.6. The van der Waals surface area contributed by atoms with Crippen LogP contribution in [0.25, 0.3) is 0 Å². The van der Waals surface area contributed by atoms with Gasteiger partial charge in [-0.2, -0.15) is 0 Å². The van der Waals surface area contributed by atoms with Gasteiger partial charge in [-0.3, -0.25) is 9.59 Å². The summed E-state index contributed by atoms with van der Waals surface area (Å²) in [5, 5.41) is 19.5. The maximum absolute atomic E-state index is 12.5. The number of methoxy groups -OCH3 is 1. The lowest BCUT2D eigenvalue weighted by atomic mass is 9.81. The number of carboxylic acids is 1. The lowest BCUT2D eigenvalue weighted by molar-refractivity contribution is -0.183. The Hall–Kier alpha value is -2.65. The second-order valence-electron chi connectivity index (χ2n) is 8.40. The first-order valence-electron chi connectivity index (χ1n) is 11.0. The van der Waals surface area contributed by atoms with Crippen LogP contribution in [0, 0.1) is 17.8 Å². The number of rotatable bonds is 7. The van der Waals surface area contributed by atoms with Crippen LogP contribution in [0.15, 0.2) is 24.3 Å². The molecule has 0 radical (unpaired) electrons. The molecule has 176 valence electrons. The van der Waals surface area contributed by atoms with Crippen LogP contribution in [0.3, 0.4) is 0 Å². The number of carbonyl (C=O) groups excluding carboxylic acids is 2. The van der Waals surface area contributed by atoms with Crippen molar-refractivity contribution in [2.75, 3.05) is 7.11 Å². The fourth-order valence-electron chi connectivity index (χ4n) is 4.31. The van der Waals surface area contributed by atoms with Crippen LogP contribution in [-0.2, 0) is 19.1 Å². The van der Waals surface area contributed by atoms with Gasteiger partial charge in [0.1, 0.15) is 11.5 Å². The van der Waals surface area contributed by atoms with E-state index in [-0.39, 0.29) is 35.6 Å². The van der Waals surface area contributed by atoms with Gasteiger partial charge in [0.15, 0.2) is 6.29 Å². The molecular formula is C23H30O9. The van der Waals surface area contributed by atoms with Crippen LogP contribution in [0.5, 0.6) is 11.5 Å². The summed E-state index contributed by atoms with van der Waals surface area (Å²) in [5.41, 5.74) is 0. The zero-order valence-corrected chi connectivity index (χ0v) is 18.1. The number of ether oxygens (including phenoxy) is 4. The lowest BCUT2D eigenvalue weighted by Crippen LogP contribution is -2.35. The van der Waals surface area contributed by atoms with E-state index < -0.39 is 18.4 Å². The standard InChI is InChI=1S/C23H30O9/c1-29-23(28)32-19-12-10-18(11-13-19)31-22(27)16-4-2-15(3-5-16)21(26)30-17-8-6-14(7-9-17)20(24)25/h10-17,21,26H,2-9H2,1H3,(H,24,25). The summed E-state index contributed by atoms with van der Waals surface area (Å²) in [6.45, 7) is 0. The summed E-state index contributed by atoms with van der Waals surface area (Å²) in [6.07, 6.45) is 3.06. The van der Waals surface area contributed by atoms with Gasteiger partial charge in [-0.1, -0.05) is 0 Å². The molecule has 0 aromatic heterocycles. The highest BCUT2D eigenvalue weighted by molar-refractivity contribution is 5.75. The Balaban J connectivity index is 1.39. The Bertz CT molecular complexity index is 775. The molecule has 0 amide bonds. The Morgan fingerprint density at radius 2 is 1.38 bits per heavy atom. The summed E-state index contributed by atoms with van der Waals surface area (Å²) >= 11 is 0. The molecule has 2 aliphatic carbocycles. The van der Waals surface area contributed by atoms with Gasteiger partial charge in [-0.05, 0) is 75.6 Å². The first-order valence-corrected chi connectivity index (χ1v) is 11.0. The first-order chi connectivity index (χ1) is 15.4. The third kappa shape index (κ3) is 6.67. The molecule has 2 saturated carbocycles. The van der Waals surface area contributed by atoms with E-state index in [2.05, 4.69) is 4.74 Å². The van der Waals surface area contributed by atoms with Crippen LogP contribution in [0.2, 0.25) is 0 Å². The van der Waals surface area contributed by atoms with Crippen LogP contribution in [-0.4, -0.2) is 47.8 Å². The normalized spacial score (nSPS) is 26.6. The molecule has 1 aromatic rings. The molecule has 3 rings (SSSR count). The summed E-state index contributed by atoms with van der Waals surface area (Å²) < 4.78 is 20.5. The molecule has 0 heterocycles. The minimum atomic E-state index is -0.902. The molecule has 2 fully saturated rings. The molecule has 9 heteroatoms. The molecule has 2 aliphatic rings. The third-order valence-electron chi connectivity index (χ3n) is 6.27. The number of carbonyl (C=O) groups is 3. The molecule has 2 N–H and O–H groups in total. The van der Waals surface area contributed by atoms with Crippen molar-refractivity contribution in [3.63, 3.8) is 0 Å². The van der Waals surface area contributed by atoms with E-state index in [0.717, 1.165) is 0 Å². The van der Waals surface area contributed by atoms with Gasteiger partial charge in [0.2, 0.25) is 0 Å². The number of aliphatic carboxylic acids is 1. The fourth-order valence-corrected chi connectivity index (χ4v) is 4.31. The molecule has 32 heavy (non-hydrogen) atoms. The maximum Gasteiger partial charge on any atom is 0.513 e. The van der Waals surface area contributed by atoms with Crippen LogP contribution < -0.4 is 9.47 Å². The summed E-state index contributed by atoms with van der Waals surface area (Å²) in [7, 11) is 1.21. The van der Waals surface area contributed by atoms with E-state index in [4.69, 9.17) is 19.3 Å². The number of hydrogen-bond acceptors (Lipinski definition) is 8. The number of hydrogen-bond donors (Lipinski definition) is 2. The second kappa shape index (κ2) is 11.3. The van der Waals surface area contributed by atoms with Crippen LogP contribution in [0.1, 0.15) is 51.4 Å². The third-order valence-corrected chi connectivity index (χ3v) is 6.27. The number of esters is 1. The zero-order chi connectivity index (χ0) is 23.1. The lowest BCUT2D eigenvalue weighted by Gasteiger charge is -2.34. The topological polar surface area (TPSA) is 129 Å². The van der Waals surface area contributed by atoms with Crippen molar-refractivity contribution in [2.24, 2.45) is 17.8 Å². The van der Waals surface area contributed by atoms with Gasteiger partial charge in [-0.15, -0.1) is 0 Å². The number of carboxylic acid groups (broad SMARTS) is 1. The zero-order valence-electron chi connectivity index (χ0n) is 18.1. The number of benzene rings is 1. The quantitative estimate of drug-likeness (QED) is 0.277. The summed E-state index contributed by atoms with van der Waals surface area (Å²) in [5.74, 6) is -1.07. The molecule has 0 aliphatic heterocycles. The van der Waals surface area contributed by atoms with Crippen molar-refractivity contribution in [2.45, 2.75) is 63.8 Å². The van der Waals surface area contributed by atoms with E-state index in [1.165, 1.54) is 19.2 Å². The Labute approximate surface area is 186 Å². The molecular weight excluding hydrogens is 420 g/mol. The van der Waals surface area contributed by atoms with Crippen molar-refractivity contribution >= 4 is 18.1 Å². The van der Waals surface area contributed by atoms with Crippen molar-refractivity contribution < 1.29 is 43.5 Å². The molecule has 9 nitrogen and oxygen atoms in total. The van der Waals surface area contributed by atoms with Gasteiger partial charge in [-0.25, -0.2) is 4.79 Å². The van der Waals surface area contributed by atoms with E-state index in [1.54, 1.807) is 12.1 Å². The Morgan fingerprint density at radius 1 is 0.844 bits per heavy atom. The predicted molar refractivity (Wildman–Crippen MR) is 111 cm³/mol. The van der Waals surface area contributed by atoms with Gasteiger partial charge < -0.3 is 29.2 Å². The molecule has 1 unspecified atom stereocenters. The smallest absolute Gasteiger partial charge is 0.481 e. The maximum atomic E-state index is 12.5. The summed E-state index contributed by atoms with van der Waals surface area (Å²) in [6, 6.07) is 6.10. The molecule has 1 atom stereocenters. The second-order valence-corrected chi connectivity index (χ2v) is 8.40. The largest absolute Gasteiger partial charge is 0.513 e. The van der Waals surface area contributed by atoms with E-state index in [1.807, 2.05) is 0 Å². The number of aliphatic hydroxyl groups is 1. The highest BCUT2D eigenvalue weighted by Gasteiger charge is 2.34. The monoisotopic (exact) mass is 450 g/mol. The predicted octanol–water partition coefficient (Wildman–Crippen LogP) is 3.52. The Morgan fingerprint density at radius 3 is 1.91 bits per heavy atom. The minimum absolute atomic E-state index is 0.0500. The highest BCUT2D eigenvalue weighted by Crippen LogP contribution is 2.34.